The maximum absolute atomic E-state index is 12.8. The highest BCUT2D eigenvalue weighted by atomic mass is 32.2. The molecule has 0 atom stereocenters. The Morgan fingerprint density at radius 3 is 2.57 bits per heavy atom. The molecule has 0 saturated carbocycles. The average Bonchev–Trinajstić information content (AvgIpc) is 2.48. The average molecular weight is 338 g/mol. The molecule has 6 nitrogen and oxygen atoms in total. The number of amides is 1. The number of nitrogens with zero attached hydrogens (tertiary/aromatic N) is 1. The van der Waals surface area contributed by atoms with Crippen molar-refractivity contribution in [1.29, 1.82) is 0 Å². The molecule has 0 unspecified atom stereocenters. The molecule has 1 fully saturated rings. The Morgan fingerprint density at radius 2 is 1.91 bits per heavy atom. The summed E-state index contributed by atoms with van der Waals surface area (Å²) in [6.45, 7) is 6.56. The third-order valence-electron chi connectivity index (χ3n) is 4.49. The second kappa shape index (κ2) is 5.49. The number of anilines is 1. The second-order valence-electron chi connectivity index (χ2n) is 6.81. The first kappa shape index (κ1) is 16.3. The van der Waals surface area contributed by atoms with Crippen LogP contribution in [0.4, 0.5) is 5.69 Å². The van der Waals surface area contributed by atoms with Gasteiger partial charge in [0.15, 0.2) is 5.60 Å². The van der Waals surface area contributed by atoms with E-state index in [1.807, 2.05) is 0 Å². The van der Waals surface area contributed by atoms with Crippen LogP contribution in [-0.2, 0) is 14.8 Å². The van der Waals surface area contributed by atoms with Gasteiger partial charge in [-0.1, -0.05) is 6.92 Å². The fourth-order valence-electron chi connectivity index (χ4n) is 2.82. The Balaban J connectivity index is 1.90. The zero-order chi connectivity index (χ0) is 16.8. The fourth-order valence-corrected chi connectivity index (χ4v) is 4.32. The van der Waals surface area contributed by atoms with Gasteiger partial charge < -0.3 is 10.1 Å². The van der Waals surface area contributed by atoms with Gasteiger partial charge in [-0.25, -0.2) is 8.42 Å². The van der Waals surface area contributed by atoms with Gasteiger partial charge in [0.1, 0.15) is 5.75 Å². The molecule has 2 aliphatic heterocycles. The zero-order valence-electron chi connectivity index (χ0n) is 13.6. The lowest BCUT2D eigenvalue weighted by Crippen LogP contribution is -2.45. The number of nitrogens with one attached hydrogen (secondary N) is 1. The van der Waals surface area contributed by atoms with Crippen molar-refractivity contribution in [3.05, 3.63) is 18.2 Å². The Kier molecular flexibility index (Phi) is 3.88. The number of hydrogen-bond donors (Lipinski definition) is 1. The number of ether oxygens (including phenoxy) is 1. The zero-order valence-corrected chi connectivity index (χ0v) is 14.4. The van der Waals surface area contributed by atoms with Gasteiger partial charge in [-0.15, -0.1) is 0 Å². The largest absolute Gasteiger partial charge is 0.476 e. The molecule has 1 aromatic carbocycles. The van der Waals surface area contributed by atoms with Crippen molar-refractivity contribution in [1.82, 2.24) is 4.31 Å². The molecule has 1 aromatic rings. The van der Waals surface area contributed by atoms with Crippen LogP contribution in [0.3, 0.4) is 0 Å². The van der Waals surface area contributed by atoms with Crippen LogP contribution < -0.4 is 10.1 Å². The van der Waals surface area contributed by atoms with Crippen molar-refractivity contribution in [2.24, 2.45) is 5.92 Å². The highest BCUT2D eigenvalue weighted by molar-refractivity contribution is 7.89. The van der Waals surface area contributed by atoms with Gasteiger partial charge in [0.25, 0.3) is 5.91 Å². The quantitative estimate of drug-likeness (QED) is 0.897. The summed E-state index contributed by atoms with van der Waals surface area (Å²) in [5.41, 5.74) is -0.558. The molecule has 7 heteroatoms. The van der Waals surface area contributed by atoms with E-state index >= 15 is 0 Å². The van der Waals surface area contributed by atoms with Crippen molar-refractivity contribution < 1.29 is 17.9 Å². The molecular weight excluding hydrogens is 316 g/mol. The van der Waals surface area contributed by atoms with E-state index in [1.54, 1.807) is 26.0 Å². The monoisotopic (exact) mass is 338 g/mol. The number of carbonyl (C=O) groups is 1. The van der Waals surface area contributed by atoms with Gasteiger partial charge in [-0.05, 0) is 50.8 Å². The predicted octanol–water partition coefficient (Wildman–Crippen LogP) is 2.22. The summed E-state index contributed by atoms with van der Waals surface area (Å²) in [4.78, 5) is 12.2. The minimum absolute atomic E-state index is 0.189. The Labute approximate surface area is 136 Å². The van der Waals surface area contributed by atoms with Crippen LogP contribution in [0.5, 0.6) is 5.75 Å². The lowest BCUT2D eigenvalue weighted by atomic mass is 10.0. The molecule has 1 N–H and O–H groups in total. The Hall–Kier alpha value is -1.60. The topological polar surface area (TPSA) is 75.7 Å². The number of sulfonamides is 1. The predicted molar refractivity (Wildman–Crippen MR) is 86.9 cm³/mol. The van der Waals surface area contributed by atoms with Gasteiger partial charge in [0, 0.05) is 13.1 Å². The maximum Gasteiger partial charge on any atom is 0.268 e. The smallest absolute Gasteiger partial charge is 0.268 e. The first-order valence-electron chi connectivity index (χ1n) is 7.85. The van der Waals surface area contributed by atoms with E-state index < -0.39 is 15.6 Å². The van der Waals surface area contributed by atoms with Crippen molar-refractivity contribution in [3.63, 3.8) is 0 Å². The summed E-state index contributed by atoms with van der Waals surface area (Å²) >= 11 is 0. The first-order valence-corrected chi connectivity index (χ1v) is 9.29. The molecule has 0 bridgehead atoms. The number of piperidine rings is 1. The van der Waals surface area contributed by atoms with Crippen LogP contribution in [0.1, 0.15) is 33.6 Å². The van der Waals surface area contributed by atoms with E-state index in [1.165, 1.54) is 10.4 Å². The van der Waals surface area contributed by atoms with Crippen LogP contribution in [0, 0.1) is 5.92 Å². The lowest BCUT2D eigenvalue weighted by molar-refractivity contribution is -0.129. The van der Waals surface area contributed by atoms with Gasteiger partial charge >= 0.3 is 0 Å². The van der Waals surface area contributed by atoms with E-state index in [2.05, 4.69) is 12.2 Å². The summed E-state index contributed by atoms with van der Waals surface area (Å²) in [5, 5.41) is 2.73. The molecule has 0 aliphatic carbocycles. The molecule has 2 heterocycles. The number of hydrogen-bond acceptors (Lipinski definition) is 4. The number of carbonyl (C=O) groups excluding carboxylic acids is 1. The Morgan fingerprint density at radius 1 is 1.26 bits per heavy atom. The van der Waals surface area contributed by atoms with E-state index in [0.717, 1.165) is 12.8 Å². The van der Waals surface area contributed by atoms with Crippen LogP contribution in [0.15, 0.2) is 23.1 Å². The van der Waals surface area contributed by atoms with Gasteiger partial charge in [0.2, 0.25) is 10.0 Å². The van der Waals surface area contributed by atoms with Gasteiger partial charge in [-0.3, -0.25) is 4.79 Å². The number of benzene rings is 1. The molecule has 1 saturated heterocycles. The molecule has 3 rings (SSSR count). The van der Waals surface area contributed by atoms with Crippen molar-refractivity contribution >= 4 is 21.6 Å². The molecule has 2 aliphatic rings. The lowest BCUT2D eigenvalue weighted by Gasteiger charge is -2.32. The minimum atomic E-state index is -3.54. The van der Waals surface area contributed by atoms with Crippen molar-refractivity contribution in [2.75, 3.05) is 18.4 Å². The third kappa shape index (κ3) is 2.95. The van der Waals surface area contributed by atoms with Crippen LogP contribution in [-0.4, -0.2) is 37.3 Å². The van der Waals surface area contributed by atoms with E-state index in [9.17, 15) is 13.2 Å². The summed E-state index contributed by atoms with van der Waals surface area (Å²) in [5.74, 6) is 0.757. The SMILES string of the molecule is CC1CCN(S(=O)(=O)c2ccc3c(c2)NC(=O)C(C)(C)O3)CC1. The summed E-state index contributed by atoms with van der Waals surface area (Å²) in [7, 11) is -3.54. The summed E-state index contributed by atoms with van der Waals surface area (Å²) in [6, 6.07) is 4.63. The van der Waals surface area contributed by atoms with Gasteiger partial charge in [0.05, 0.1) is 10.6 Å². The minimum Gasteiger partial charge on any atom is -0.476 e. The van der Waals surface area contributed by atoms with Crippen LogP contribution in [0.25, 0.3) is 0 Å². The van der Waals surface area contributed by atoms with Crippen LogP contribution >= 0.6 is 0 Å². The number of rotatable bonds is 2. The summed E-state index contributed by atoms with van der Waals surface area (Å²) < 4.78 is 32.7. The highest BCUT2D eigenvalue weighted by Crippen LogP contribution is 2.36. The van der Waals surface area contributed by atoms with E-state index in [-0.39, 0.29) is 10.8 Å². The van der Waals surface area contributed by atoms with E-state index in [0.29, 0.717) is 30.4 Å². The molecule has 0 aromatic heterocycles. The summed E-state index contributed by atoms with van der Waals surface area (Å²) in [6.07, 6.45) is 1.75. The highest BCUT2D eigenvalue weighted by Gasteiger charge is 2.36. The molecule has 0 spiro atoms. The van der Waals surface area contributed by atoms with Crippen molar-refractivity contribution in [2.45, 2.75) is 44.1 Å². The van der Waals surface area contributed by atoms with Gasteiger partial charge in [-0.2, -0.15) is 4.31 Å². The second-order valence-corrected chi connectivity index (χ2v) is 8.75. The number of fused-ring (bicyclic) bond motifs is 1. The molecule has 126 valence electrons. The molecular formula is C16H22N2O4S. The standard InChI is InChI=1S/C16H22N2O4S/c1-11-6-8-18(9-7-11)23(20,21)12-4-5-14-13(10-12)17-15(19)16(2,3)22-14/h4-5,10-11H,6-9H2,1-3H3,(H,17,19). The fraction of sp³-hybridized carbons (Fsp3) is 0.562. The third-order valence-corrected chi connectivity index (χ3v) is 6.39. The van der Waals surface area contributed by atoms with Crippen LogP contribution in [0.2, 0.25) is 0 Å². The normalized spacial score (nSPS) is 22.1. The molecule has 0 radical (unpaired) electrons. The van der Waals surface area contributed by atoms with E-state index in [4.69, 9.17) is 4.74 Å². The first-order chi connectivity index (χ1) is 10.7. The van der Waals surface area contributed by atoms with Crippen molar-refractivity contribution in [3.8, 4) is 5.75 Å². The molecule has 1 amide bonds. The maximum atomic E-state index is 12.8. The molecule has 23 heavy (non-hydrogen) atoms. The Bertz CT molecular complexity index is 734.